The van der Waals surface area contributed by atoms with Gasteiger partial charge < -0.3 is 0 Å². The predicted octanol–water partition coefficient (Wildman–Crippen LogP) is 3.81. The first kappa shape index (κ1) is 13.9. The summed E-state index contributed by atoms with van der Waals surface area (Å²) in [4.78, 5) is 0. The second-order valence-electron chi connectivity index (χ2n) is 4.07. The van der Waals surface area contributed by atoms with Crippen molar-refractivity contribution in [3.05, 3.63) is 40.4 Å². The quantitative estimate of drug-likeness (QED) is 0.841. The molecule has 0 bridgehead atoms. The molecule has 0 unspecified atom stereocenters. The zero-order valence-electron chi connectivity index (χ0n) is 10.3. The zero-order chi connectivity index (χ0) is 14.2. The summed E-state index contributed by atoms with van der Waals surface area (Å²) in [7, 11) is 0. The highest BCUT2D eigenvalue weighted by Crippen LogP contribution is 2.33. The highest BCUT2D eigenvalue weighted by Gasteiger charge is 2.32. The first-order valence-electron chi connectivity index (χ1n) is 5.62. The molecule has 0 atom stereocenters. The Morgan fingerprint density at radius 3 is 2.53 bits per heavy atom. The Labute approximate surface area is 113 Å². The van der Waals surface area contributed by atoms with Gasteiger partial charge in [0.25, 0.3) is 0 Å². The van der Waals surface area contributed by atoms with Gasteiger partial charge in [0.1, 0.15) is 5.82 Å². The fourth-order valence-corrected chi connectivity index (χ4v) is 2.07. The molecule has 0 radical (unpaired) electrons. The van der Waals surface area contributed by atoms with E-state index in [1.54, 1.807) is 6.07 Å². The third kappa shape index (κ3) is 2.58. The molecule has 19 heavy (non-hydrogen) atoms. The second kappa shape index (κ2) is 4.85. The molecule has 0 N–H and O–H groups in total. The molecule has 1 aromatic heterocycles. The first-order chi connectivity index (χ1) is 8.84. The molecule has 2 rings (SSSR count). The SMILES string of the molecule is CCc1nnc(Cl)n1-c1ccc(C)c(C(F)(F)F)c1. The van der Waals surface area contributed by atoms with Crippen LogP contribution in [0.3, 0.4) is 0 Å². The molecule has 1 heterocycles. The van der Waals surface area contributed by atoms with Gasteiger partial charge in [-0.05, 0) is 36.2 Å². The first-order valence-corrected chi connectivity index (χ1v) is 6.00. The Kier molecular flexibility index (Phi) is 3.54. The number of alkyl halides is 3. The van der Waals surface area contributed by atoms with Gasteiger partial charge in [0.05, 0.1) is 11.3 Å². The molecule has 0 aliphatic carbocycles. The lowest BCUT2D eigenvalue weighted by Crippen LogP contribution is -2.09. The molecule has 1 aromatic carbocycles. The molecular formula is C12H11ClF3N3. The molecule has 0 spiro atoms. The van der Waals surface area contributed by atoms with Crippen LogP contribution in [0.5, 0.6) is 0 Å². The molecule has 0 fully saturated rings. The van der Waals surface area contributed by atoms with E-state index in [-0.39, 0.29) is 10.8 Å². The normalized spacial score (nSPS) is 11.9. The average molecular weight is 290 g/mol. The van der Waals surface area contributed by atoms with Crippen LogP contribution in [0, 0.1) is 6.92 Å². The van der Waals surface area contributed by atoms with Crippen LogP contribution >= 0.6 is 11.6 Å². The maximum absolute atomic E-state index is 12.9. The van der Waals surface area contributed by atoms with Gasteiger partial charge in [-0.25, -0.2) is 0 Å². The Morgan fingerprint density at radius 2 is 1.95 bits per heavy atom. The number of benzene rings is 1. The molecular weight excluding hydrogens is 279 g/mol. The summed E-state index contributed by atoms with van der Waals surface area (Å²) in [6.45, 7) is 3.25. The van der Waals surface area contributed by atoms with E-state index in [2.05, 4.69) is 10.2 Å². The van der Waals surface area contributed by atoms with Gasteiger partial charge in [-0.1, -0.05) is 13.0 Å². The summed E-state index contributed by atoms with van der Waals surface area (Å²) in [5.74, 6) is 0.516. The van der Waals surface area contributed by atoms with E-state index in [9.17, 15) is 13.2 Å². The van der Waals surface area contributed by atoms with E-state index in [0.29, 0.717) is 17.9 Å². The summed E-state index contributed by atoms with van der Waals surface area (Å²) in [5.41, 5.74) is -0.208. The molecule has 102 valence electrons. The number of halogens is 4. The van der Waals surface area contributed by atoms with E-state index in [1.807, 2.05) is 6.92 Å². The Balaban J connectivity index is 2.61. The van der Waals surface area contributed by atoms with Gasteiger partial charge in [0.15, 0.2) is 0 Å². The number of aryl methyl sites for hydroxylation is 2. The fourth-order valence-electron chi connectivity index (χ4n) is 1.83. The van der Waals surface area contributed by atoms with Crippen molar-refractivity contribution in [2.45, 2.75) is 26.4 Å². The van der Waals surface area contributed by atoms with Crippen molar-refractivity contribution >= 4 is 11.6 Å². The van der Waals surface area contributed by atoms with Crippen molar-refractivity contribution in [2.75, 3.05) is 0 Å². The zero-order valence-corrected chi connectivity index (χ0v) is 11.0. The van der Waals surface area contributed by atoms with Gasteiger partial charge in [0, 0.05) is 6.42 Å². The number of hydrogen-bond donors (Lipinski definition) is 0. The molecule has 7 heteroatoms. The summed E-state index contributed by atoms with van der Waals surface area (Å²) in [6, 6.07) is 4.04. The van der Waals surface area contributed by atoms with Crippen LogP contribution in [0.25, 0.3) is 5.69 Å². The summed E-state index contributed by atoms with van der Waals surface area (Å²) >= 11 is 5.87. The number of hydrogen-bond acceptors (Lipinski definition) is 2. The van der Waals surface area contributed by atoms with Gasteiger partial charge in [-0.2, -0.15) is 13.2 Å². The Bertz CT molecular complexity index is 605. The predicted molar refractivity (Wildman–Crippen MR) is 65.5 cm³/mol. The van der Waals surface area contributed by atoms with Crippen molar-refractivity contribution in [2.24, 2.45) is 0 Å². The number of nitrogens with zero attached hydrogens (tertiary/aromatic N) is 3. The standard InChI is InChI=1S/C12H11ClF3N3/c1-3-10-17-18-11(13)19(10)8-5-4-7(2)9(6-8)12(14,15)16/h4-6H,3H2,1-2H3. The van der Waals surface area contributed by atoms with E-state index in [4.69, 9.17) is 11.6 Å². The van der Waals surface area contributed by atoms with Crippen molar-refractivity contribution in [1.29, 1.82) is 0 Å². The summed E-state index contributed by atoms with van der Waals surface area (Å²) in [6.07, 6.45) is -3.87. The highest BCUT2D eigenvalue weighted by molar-refractivity contribution is 6.28. The van der Waals surface area contributed by atoms with E-state index >= 15 is 0 Å². The van der Waals surface area contributed by atoms with E-state index < -0.39 is 11.7 Å². The van der Waals surface area contributed by atoms with Crippen LogP contribution in [-0.4, -0.2) is 14.8 Å². The van der Waals surface area contributed by atoms with Crippen molar-refractivity contribution in [1.82, 2.24) is 14.8 Å². The van der Waals surface area contributed by atoms with Crippen LogP contribution < -0.4 is 0 Å². The average Bonchev–Trinajstić information content (AvgIpc) is 2.70. The smallest absolute Gasteiger partial charge is 0.270 e. The van der Waals surface area contributed by atoms with Crippen LogP contribution in [0.2, 0.25) is 5.28 Å². The van der Waals surface area contributed by atoms with Crippen LogP contribution in [0.1, 0.15) is 23.9 Å². The molecule has 0 saturated carbocycles. The van der Waals surface area contributed by atoms with Crippen molar-refractivity contribution < 1.29 is 13.2 Å². The lowest BCUT2D eigenvalue weighted by atomic mass is 10.1. The molecule has 0 amide bonds. The third-order valence-electron chi connectivity index (χ3n) is 2.79. The molecule has 2 aromatic rings. The number of aromatic nitrogens is 3. The highest BCUT2D eigenvalue weighted by atomic mass is 35.5. The summed E-state index contributed by atoms with van der Waals surface area (Å²) < 4.78 is 40.1. The minimum Gasteiger partial charge on any atom is -0.270 e. The van der Waals surface area contributed by atoms with E-state index in [0.717, 1.165) is 6.07 Å². The second-order valence-corrected chi connectivity index (χ2v) is 4.41. The monoisotopic (exact) mass is 289 g/mol. The number of rotatable bonds is 2. The Morgan fingerprint density at radius 1 is 1.26 bits per heavy atom. The van der Waals surface area contributed by atoms with Gasteiger partial charge in [-0.15, -0.1) is 10.2 Å². The molecule has 0 aliphatic heterocycles. The van der Waals surface area contributed by atoms with Gasteiger partial charge in [-0.3, -0.25) is 4.57 Å². The van der Waals surface area contributed by atoms with Crippen LogP contribution in [-0.2, 0) is 12.6 Å². The molecule has 3 nitrogen and oxygen atoms in total. The van der Waals surface area contributed by atoms with Gasteiger partial charge >= 0.3 is 6.18 Å². The van der Waals surface area contributed by atoms with Crippen LogP contribution in [0.15, 0.2) is 18.2 Å². The fraction of sp³-hybridized carbons (Fsp3) is 0.333. The maximum Gasteiger partial charge on any atom is 0.416 e. The molecule has 0 saturated heterocycles. The van der Waals surface area contributed by atoms with E-state index in [1.165, 1.54) is 17.6 Å². The topological polar surface area (TPSA) is 30.7 Å². The van der Waals surface area contributed by atoms with Crippen LogP contribution in [0.4, 0.5) is 13.2 Å². The third-order valence-corrected chi connectivity index (χ3v) is 3.04. The maximum atomic E-state index is 12.9. The van der Waals surface area contributed by atoms with Crippen molar-refractivity contribution in [3.8, 4) is 5.69 Å². The lowest BCUT2D eigenvalue weighted by Gasteiger charge is -2.13. The Hall–Kier alpha value is -1.56. The lowest BCUT2D eigenvalue weighted by molar-refractivity contribution is -0.138. The van der Waals surface area contributed by atoms with Gasteiger partial charge in [0.2, 0.25) is 5.28 Å². The van der Waals surface area contributed by atoms with Crippen molar-refractivity contribution in [3.63, 3.8) is 0 Å². The summed E-state index contributed by atoms with van der Waals surface area (Å²) in [5, 5.41) is 7.55. The minimum atomic E-state index is -4.40. The molecule has 0 aliphatic rings. The minimum absolute atomic E-state index is 0.0498. The largest absolute Gasteiger partial charge is 0.416 e.